The summed E-state index contributed by atoms with van der Waals surface area (Å²) in [6.07, 6.45) is 2.06. The fraction of sp³-hybridized carbons (Fsp3) is 0.409. The number of carbonyl (C=O) groups excluding carboxylic acids is 2. The van der Waals surface area contributed by atoms with Gasteiger partial charge >= 0.3 is 5.97 Å². The number of carbonyl (C=O) groups is 2. The van der Waals surface area contributed by atoms with Gasteiger partial charge in [-0.1, -0.05) is 30.0 Å². The Kier molecular flexibility index (Phi) is 6.43. The second-order valence-corrected chi connectivity index (χ2v) is 8.36. The Morgan fingerprint density at radius 2 is 2.19 bits per heavy atom. The van der Waals surface area contributed by atoms with E-state index in [0.717, 1.165) is 19.4 Å². The van der Waals surface area contributed by atoms with Gasteiger partial charge in [-0.2, -0.15) is 0 Å². The minimum atomic E-state index is -0.770. The smallest absolute Gasteiger partial charge is 0.338 e. The molecular weight excluding hydrogens is 421 g/mol. The van der Waals surface area contributed by atoms with Crippen molar-refractivity contribution >= 4 is 28.8 Å². The topological polar surface area (TPSA) is 80.2 Å². The molecular formula is C22H24FN3O4S. The van der Waals surface area contributed by atoms with Gasteiger partial charge in [0, 0.05) is 24.4 Å². The van der Waals surface area contributed by atoms with E-state index in [0.29, 0.717) is 28.7 Å². The molecule has 0 spiro atoms. The van der Waals surface area contributed by atoms with Crippen LogP contribution in [0.1, 0.15) is 37.8 Å². The lowest BCUT2D eigenvalue weighted by molar-refractivity contribution is -0.136. The number of methoxy groups -OCH3 is 1. The van der Waals surface area contributed by atoms with E-state index in [1.807, 2.05) is 5.41 Å². The van der Waals surface area contributed by atoms with Crippen molar-refractivity contribution in [1.82, 2.24) is 10.2 Å². The number of aliphatic imine (C=N–C) groups is 1. The van der Waals surface area contributed by atoms with E-state index in [1.165, 1.54) is 24.9 Å². The van der Waals surface area contributed by atoms with E-state index in [2.05, 4.69) is 10.3 Å². The van der Waals surface area contributed by atoms with Crippen LogP contribution in [0.25, 0.3) is 0 Å². The van der Waals surface area contributed by atoms with E-state index in [1.54, 1.807) is 30.0 Å². The summed E-state index contributed by atoms with van der Waals surface area (Å²) in [5.74, 6) is -1.18. The monoisotopic (exact) mass is 445 g/mol. The van der Waals surface area contributed by atoms with Crippen molar-refractivity contribution in [2.45, 2.75) is 38.3 Å². The molecule has 1 aromatic rings. The summed E-state index contributed by atoms with van der Waals surface area (Å²) in [5.41, 5.74) is 1.69. The summed E-state index contributed by atoms with van der Waals surface area (Å²) >= 11 is 1.35. The number of rotatable bonds is 6. The maximum atomic E-state index is 14.8. The number of allylic oxidation sites excluding steroid dienone is 1. The number of fused-ring (bicyclic) bond motifs is 1. The first-order valence-electron chi connectivity index (χ1n) is 10.1. The fourth-order valence-corrected chi connectivity index (χ4v) is 4.96. The summed E-state index contributed by atoms with van der Waals surface area (Å²) < 4.78 is 25.3. The maximum Gasteiger partial charge on any atom is 0.338 e. The summed E-state index contributed by atoms with van der Waals surface area (Å²) in [4.78, 5) is 31.5. The Bertz CT molecular complexity index is 985. The molecule has 0 radical (unpaired) electrons. The van der Waals surface area contributed by atoms with Crippen LogP contribution in [-0.2, 0) is 19.1 Å². The van der Waals surface area contributed by atoms with Crippen molar-refractivity contribution in [1.29, 1.82) is 0 Å². The lowest BCUT2D eigenvalue weighted by Crippen LogP contribution is -2.39. The van der Waals surface area contributed by atoms with Crippen molar-refractivity contribution in [2.75, 3.05) is 20.3 Å². The normalized spacial score (nSPS) is 22.7. The Balaban J connectivity index is 1.61. The molecule has 4 rings (SSSR count). The molecule has 31 heavy (non-hydrogen) atoms. The number of benzene rings is 1. The maximum absolute atomic E-state index is 14.8. The number of ether oxygens (including phenoxy) is 2. The molecule has 164 valence electrons. The van der Waals surface area contributed by atoms with Crippen LogP contribution in [0, 0.1) is 5.82 Å². The van der Waals surface area contributed by atoms with E-state index in [9.17, 15) is 14.0 Å². The van der Waals surface area contributed by atoms with Gasteiger partial charge in [0.05, 0.1) is 36.9 Å². The highest BCUT2D eigenvalue weighted by Crippen LogP contribution is 2.45. The van der Waals surface area contributed by atoms with Gasteiger partial charge in [-0.05, 0) is 31.2 Å². The number of hydrogen-bond acceptors (Lipinski definition) is 7. The third-order valence-corrected chi connectivity index (χ3v) is 6.39. The molecule has 0 aliphatic carbocycles. The van der Waals surface area contributed by atoms with Crippen molar-refractivity contribution < 1.29 is 23.5 Å². The lowest BCUT2D eigenvalue weighted by atomic mass is 9.93. The number of amidine groups is 1. The van der Waals surface area contributed by atoms with Crippen molar-refractivity contribution in [3.63, 3.8) is 0 Å². The minimum Gasteiger partial charge on any atom is -0.466 e. The summed E-state index contributed by atoms with van der Waals surface area (Å²) in [6.45, 7) is 2.89. The van der Waals surface area contributed by atoms with Gasteiger partial charge < -0.3 is 19.7 Å². The second-order valence-electron chi connectivity index (χ2n) is 7.52. The molecule has 1 N–H and O–H groups in total. The lowest BCUT2D eigenvalue weighted by Gasteiger charge is -2.36. The molecule has 2 atom stereocenters. The predicted molar refractivity (Wildman–Crippen MR) is 115 cm³/mol. The number of amides is 1. The van der Waals surface area contributed by atoms with Crippen molar-refractivity contribution in [3.8, 4) is 0 Å². The fourth-order valence-electron chi connectivity index (χ4n) is 3.99. The van der Waals surface area contributed by atoms with Crippen LogP contribution in [-0.4, -0.2) is 48.3 Å². The number of esters is 1. The summed E-state index contributed by atoms with van der Waals surface area (Å²) in [5, 5.41) is 5.33. The minimum absolute atomic E-state index is 0.0469. The third kappa shape index (κ3) is 4.38. The second kappa shape index (κ2) is 9.23. The van der Waals surface area contributed by atoms with Crippen LogP contribution < -0.4 is 5.32 Å². The number of halogens is 1. The van der Waals surface area contributed by atoms with Gasteiger partial charge in [-0.15, -0.1) is 0 Å². The molecule has 7 nitrogen and oxygen atoms in total. The van der Waals surface area contributed by atoms with E-state index < -0.39 is 17.8 Å². The molecule has 0 saturated carbocycles. The molecule has 9 heteroatoms. The van der Waals surface area contributed by atoms with Gasteiger partial charge in [0.1, 0.15) is 5.82 Å². The van der Waals surface area contributed by atoms with Crippen LogP contribution in [0.2, 0.25) is 0 Å². The van der Waals surface area contributed by atoms with Gasteiger partial charge in [-0.3, -0.25) is 4.79 Å². The molecule has 1 amide bonds. The molecule has 1 fully saturated rings. The summed E-state index contributed by atoms with van der Waals surface area (Å²) in [6, 6.07) is 5.53. The van der Waals surface area contributed by atoms with Crippen molar-refractivity contribution in [3.05, 3.63) is 58.0 Å². The van der Waals surface area contributed by atoms with Crippen molar-refractivity contribution in [2.24, 2.45) is 4.99 Å². The number of hydrogen-bond donors (Lipinski definition) is 1. The third-order valence-electron chi connectivity index (χ3n) is 5.50. The zero-order valence-corrected chi connectivity index (χ0v) is 18.2. The highest BCUT2D eigenvalue weighted by Gasteiger charge is 2.42. The van der Waals surface area contributed by atoms with E-state index in [-0.39, 0.29) is 24.0 Å². The highest BCUT2D eigenvalue weighted by molar-refractivity contribution is 8.16. The summed E-state index contributed by atoms with van der Waals surface area (Å²) in [7, 11) is 1.29. The first-order chi connectivity index (χ1) is 15.0. The van der Waals surface area contributed by atoms with Gasteiger partial charge in [0.15, 0.2) is 5.17 Å². The quantitative estimate of drug-likeness (QED) is 0.677. The Morgan fingerprint density at radius 3 is 2.90 bits per heavy atom. The first-order valence-corrected chi connectivity index (χ1v) is 11.0. The van der Waals surface area contributed by atoms with Gasteiger partial charge in [0.25, 0.3) is 0 Å². The molecule has 0 bridgehead atoms. The van der Waals surface area contributed by atoms with E-state index in [4.69, 9.17) is 9.47 Å². The molecule has 0 unspecified atom stereocenters. The molecule has 3 heterocycles. The number of nitrogens with one attached hydrogen (secondary N) is 1. The molecule has 1 saturated heterocycles. The van der Waals surface area contributed by atoms with E-state index >= 15 is 0 Å². The first kappa shape index (κ1) is 21.6. The zero-order chi connectivity index (χ0) is 22.0. The van der Waals surface area contributed by atoms with Crippen LogP contribution in [0.4, 0.5) is 4.39 Å². The van der Waals surface area contributed by atoms with Gasteiger partial charge in [-0.25, -0.2) is 14.2 Å². The van der Waals surface area contributed by atoms with Crippen LogP contribution in [0.15, 0.2) is 51.6 Å². The number of thioether (sulfide) groups is 1. The zero-order valence-electron chi connectivity index (χ0n) is 17.4. The van der Waals surface area contributed by atoms with Crippen LogP contribution in [0.3, 0.4) is 0 Å². The van der Waals surface area contributed by atoms with Crippen LogP contribution in [0.5, 0.6) is 0 Å². The average Bonchev–Trinajstić information content (AvgIpc) is 3.41. The highest BCUT2D eigenvalue weighted by atomic mass is 32.2. The number of nitrogens with zero attached hydrogens (tertiary/aromatic N) is 2. The molecule has 0 aromatic heterocycles. The Hall–Kier alpha value is -2.65. The molecule has 1 aromatic carbocycles. The Morgan fingerprint density at radius 1 is 1.39 bits per heavy atom. The van der Waals surface area contributed by atoms with Gasteiger partial charge in [0.2, 0.25) is 5.91 Å². The molecule has 3 aliphatic heterocycles. The Labute approximate surface area is 184 Å². The largest absolute Gasteiger partial charge is 0.466 e. The average molecular weight is 446 g/mol. The molecule has 3 aliphatic rings. The van der Waals surface area contributed by atoms with Crippen LogP contribution >= 0.6 is 11.8 Å². The SMILES string of the molecule is COC(=O)C1=C(C)N=C2SC=C(CC(=O)NC[C@H]3CCCO3)N2[C@@H]1c1ccccc1F. The predicted octanol–water partition coefficient (Wildman–Crippen LogP) is 3.26. The standard InChI is InChI=1S/C22H24FN3O4S/c1-13-19(21(28)29-2)20(16-7-3-4-8-17(16)23)26-14(12-31-22(26)25-13)10-18(27)24-11-15-6-5-9-30-15/h3-4,7-8,12,15,20H,5-6,9-11H2,1-2H3,(H,24,27)/t15-,20-/m1/s1.